The molecule has 1 aliphatic carbocycles. The van der Waals surface area contributed by atoms with Gasteiger partial charge < -0.3 is 9.73 Å². The molecule has 0 unspecified atom stereocenters. The molecule has 0 saturated heterocycles. The molecule has 1 fully saturated rings. The fourth-order valence-electron chi connectivity index (χ4n) is 2.22. The van der Waals surface area contributed by atoms with Gasteiger partial charge in [0.25, 0.3) is 0 Å². The van der Waals surface area contributed by atoms with Crippen LogP contribution in [0.3, 0.4) is 0 Å². The van der Waals surface area contributed by atoms with Crippen molar-refractivity contribution in [3.63, 3.8) is 0 Å². The molecule has 84 valence electrons. The first-order chi connectivity index (χ1) is 7.34. The second-order valence-corrected chi connectivity index (χ2v) is 5.09. The first kappa shape index (κ1) is 11.2. The Bertz CT molecular complexity index is 292. The van der Waals surface area contributed by atoms with Gasteiger partial charge in [-0.2, -0.15) is 0 Å². The lowest BCUT2D eigenvalue weighted by Crippen LogP contribution is -2.23. The number of halogens is 1. The molecule has 1 aromatic heterocycles. The predicted octanol–water partition coefficient (Wildman–Crippen LogP) is 3.36. The summed E-state index contributed by atoms with van der Waals surface area (Å²) >= 11 is 3.31. The lowest BCUT2D eigenvalue weighted by molar-refractivity contribution is 0.457. The zero-order valence-corrected chi connectivity index (χ0v) is 10.6. The van der Waals surface area contributed by atoms with Crippen molar-refractivity contribution in [2.24, 2.45) is 5.92 Å². The number of hydrogen-bond donors (Lipinski definition) is 1. The number of nitrogens with one attached hydrogen (secondary N) is 1. The maximum absolute atomic E-state index is 5.43. The van der Waals surface area contributed by atoms with E-state index in [0.29, 0.717) is 0 Å². The van der Waals surface area contributed by atoms with Crippen LogP contribution in [0, 0.1) is 5.92 Å². The summed E-state index contributed by atoms with van der Waals surface area (Å²) in [5, 5.41) is 3.51. The predicted molar refractivity (Wildman–Crippen MR) is 64.9 cm³/mol. The SMILES string of the molecule is Brc1ccc(CCNCC2CCCC2)o1. The van der Waals surface area contributed by atoms with Crippen molar-refractivity contribution in [1.29, 1.82) is 0 Å². The van der Waals surface area contributed by atoms with E-state index < -0.39 is 0 Å². The molecule has 0 spiro atoms. The first-order valence-corrected chi connectivity index (χ1v) is 6.59. The molecule has 2 rings (SSSR count). The van der Waals surface area contributed by atoms with Crippen molar-refractivity contribution in [1.82, 2.24) is 5.32 Å². The van der Waals surface area contributed by atoms with Crippen molar-refractivity contribution < 1.29 is 4.42 Å². The van der Waals surface area contributed by atoms with Crippen LogP contribution in [-0.2, 0) is 6.42 Å². The zero-order chi connectivity index (χ0) is 10.5. The normalized spacial score (nSPS) is 17.4. The second kappa shape index (κ2) is 5.71. The van der Waals surface area contributed by atoms with Gasteiger partial charge in [0, 0.05) is 13.0 Å². The Labute approximate surface area is 99.6 Å². The van der Waals surface area contributed by atoms with Gasteiger partial charge in [0.05, 0.1) is 0 Å². The van der Waals surface area contributed by atoms with E-state index in [2.05, 4.69) is 21.2 Å². The largest absolute Gasteiger partial charge is 0.454 e. The standard InChI is InChI=1S/C12H18BrNO/c13-12-6-5-11(15-12)7-8-14-9-10-3-1-2-4-10/h5-6,10,14H,1-4,7-9H2. The third-order valence-electron chi connectivity index (χ3n) is 3.08. The monoisotopic (exact) mass is 271 g/mol. The van der Waals surface area contributed by atoms with Gasteiger partial charge in [-0.3, -0.25) is 0 Å². The van der Waals surface area contributed by atoms with Gasteiger partial charge >= 0.3 is 0 Å². The minimum atomic E-state index is 0.827. The summed E-state index contributed by atoms with van der Waals surface area (Å²) < 4.78 is 6.26. The van der Waals surface area contributed by atoms with Crippen LogP contribution < -0.4 is 5.32 Å². The Balaban J connectivity index is 1.58. The summed E-state index contributed by atoms with van der Waals surface area (Å²) in [6, 6.07) is 3.98. The van der Waals surface area contributed by atoms with Gasteiger partial charge in [-0.05, 0) is 53.4 Å². The zero-order valence-electron chi connectivity index (χ0n) is 8.97. The summed E-state index contributed by atoms with van der Waals surface area (Å²) in [5.74, 6) is 1.98. The van der Waals surface area contributed by atoms with Crippen LogP contribution in [0.4, 0.5) is 0 Å². The fourth-order valence-corrected chi connectivity index (χ4v) is 2.56. The molecular formula is C12H18BrNO. The van der Waals surface area contributed by atoms with Crippen LogP contribution in [0.1, 0.15) is 31.4 Å². The lowest BCUT2D eigenvalue weighted by Gasteiger charge is -2.09. The minimum Gasteiger partial charge on any atom is -0.454 e. The number of furan rings is 1. The van der Waals surface area contributed by atoms with Crippen molar-refractivity contribution in [2.45, 2.75) is 32.1 Å². The van der Waals surface area contributed by atoms with Gasteiger partial charge in [0.2, 0.25) is 0 Å². The summed E-state index contributed by atoms with van der Waals surface area (Å²) in [5.41, 5.74) is 0. The summed E-state index contributed by atoms with van der Waals surface area (Å²) in [6.07, 6.45) is 6.67. The van der Waals surface area contributed by atoms with Gasteiger partial charge in [-0.15, -0.1) is 0 Å². The van der Waals surface area contributed by atoms with Gasteiger partial charge in [0.1, 0.15) is 5.76 Å². The van der Waals surface area contributed by atoms with Crippen LogP contribution in [0.2, 0.25) is 0 Å². The molecule has 1 aromatic rings. The number of hydrogen-bond acceptors (Lipinski definition) is 2. The summed E-state index contributed by atoms with van der Waals surface area (Å²) in [4.78, 5) is 0. The summed E-state index contributed by atoms with van der Waals surface area (Å²) in [7, 11) is 0. The molecule has 3 heteroatoms. The maximum atomic E-state index is 5.43. The minimum absolute atomic E-state index is 0.827. The fraction of sp³-hybridized carbons (Fsp3) is 0.667. The molecule has 0 atom stereocenters. The Hall–Kier alpha value is -0.280. The van der Waals surface area contributed by atoms with E-state index in [9.17, 15) is 0 Å². The third-order valence-corrected chi connectivity index (χ3v) is 3.51. The Morgan fingerprint density at radius 2 is 2.13 bits per heavy atom. The quantitative estimate of drug-likeness (QED) is 0.831. The molecule has 1 aliphatic rings. The highest BCUT2D eigenvalue weighted by atomic mass is 79.9. The van der Waals surface area contributed by atoms with Crippen molar-refractivity contribution in [3.8, 4) is 0 Å². The van der Waals surface area contributed by atoms with Gasteiger partial charge in [-0.1, -0.05) is 12.8 Å². The molecule has 1 saturated carbocycles. The molecular weight excluding hydrogens is 254 g/mol. The first-order valence-electron chi connectivity index (χ1n) is 5.79. The van der Waals surface area contributed by atoms with Crippen LogP contribution in [0.15, 0.2) is 21.2 Å². The average molecular weight is 272 g/mol. The van der Waals surface area contributed by atoms with E-state index >= 15 is 0 Å². The summed E-state index contributed by atoms with van der Waals surface area (Å²) in [6.45, 7) is 2.21. The Morgan fingerprint density at radius 3 is 2.80 bits per heavy atom. The van der Waals surface area contributed by atoms with E-state index in [1.54, 1.807) is 0 Å². The second-order valence-electron chi connectivity index (χ2n) is 4.31. The molecule has 0 bridgehead atoms. The smallest absolute Gasteiger partial charge is 0.169 e. The van der Waals surface area contributed by atoms with E-state index in [-0.39, 0.29) is 0 Å². The molecule has 2 nitrogen and oxygen atoms in total. The van der Waals surface area contributed by atoms with Crippen molar-refractivity contribution in [2.75, 3.05) is 13.1 Å². The average Bonchev–Trinajstić information content (AvgIpc) is 2.84. The van der Waals surface area contributed by atoms with E-state index in [4.69, 9.17) is 4.42 Å². The molecule has 0 aromatic carbocycles. The van der Waals surface area contributed by atoms with Gasteiger partial charge in [0.15, 0.2) is 4.67 Å². The van der Waals surface area contributed by atoms with Crippen LogP contribution in [-0.4, -0.2) is 13.1 Å². The molecule has 0 radical (unpaired) electrons. The van der Waals surface area contributed by atoms with Crippen molar-refractivity contribution in [3.05, 3.63) is 22.6 Å². The highest BCUT2D eigenvalue weighted by Gasteiger charge is 2.13. The van der Waals surface area contributed by atoms with Crippen LogP contribution >= 0.6 is 15.9 Å². The van der Waals surface area contributed by atoms with Crippen molar-refractivity contribution >= 4 is 15.9 Å². The van der Waals surface area contributed by atoms with Gasteiger partial charge in [-0.25, -0.2) is 0 Å². The Kier molecular flexibility index (Phi) is 4.27. The van der Waals surface area contributed by atoms with Crippen LogP contribution in [0.5, 0.6) is 0 Å². The molecule has 0 aliphatic heterocycles. The highest BCUT2D eigenvalue weighted by molar-refractivity contribution is 9.10. The highest BCUT2D eigenvalue weighted by Crippen LogP contribution is 2.23. The van der Waals surface area contributed by atoms with E-state index in [1.165, 1.54) is 32.2 Å². The maximum Gasteiger partial charge on any atom is 0.169 e. The van der Waals surface area contributed by atoms with E-state index in [0.717, 1.165) is 29.3 Å². The molecule has 1 heterocycles. The third kappa shape index (κ3) is 3.65. The Morgan fingerprint density at radius 1 is 1.33 bits per heavy atom. The molecule has 0 amide bonds. The lowest BCUT2D eigenvalue weighted by atomic mass is 10.1. The number of rotatable bonds is 5. The van der Waals surface area contributed by atoms with E-state index in [1.807, 2.05) is 12.1 Å². The molecule has 15 heavy (non-hydrogen) atoms. The van der Waals surface area contributed by atoms with Crippen LogP contribution in [0.25, 0.3) is 0 Å². The molecule has 1 N–H and O–H groups in total. The topological polar surface area (TPSA) is 25.2 Å².